The van der Waals surface area contributed by atoms with Crippen molar-refractivity contribution >= 4 is 5.91 Å². The molecule has 1 heterocycles. The number of allylic oxidation sites excluding steroid dienone is 21. The first kappa shape index (κ1) is 87.3. The van der Waals surface area contributed by atoms with Gasteiger partial charge in [-0.25, -0.2) is 0 Å². The zero-order valence-electron chi connectivity index (χ0n) is 60.0. The number of carbonyl (C=O) groups is 1. The molecule has 1 saturated heterocycles. The standard InChI is InChI=1S/C84H145NO8/c1-3-5-7-9-11-13-15-17-19-21-23-25-27-29-31-33-35-37-38-39-40-42-44-46-48-50-52-54-56-58-60-62-64-66-68-70-72-74-80(88)85-77(76-92-84-83(91)82(90)81(89)79(75-86)93-84)78(87)73-71-69-67-65-63-61-59-57-55-53-51-49-47-45-43-41-36-34-32-30-28-26-24-22-20-18-16-14-12-10-8-6-4-2/h5,7,11,13,17,19,23,25,29,31,35,37,39-40,44,46,50,52,63,65,71,73,77-79,81-84,86-87,89-91H,3-4,6,8-10,12,14-16,18,20-22,24,26-28,30,32-34,36,38,41-43,45,47-49,51,53-62,64,66-70,72,74-76H2,1-2H3,(H,85,88)/b7-5-,13-11-,19-17-,25-23-,31-29-,37-35-,40-39-,46-44-,52-50-,65-63+,73-71+. The first-order chi connectivity index (χ1) is 45.8. The second-order valence-electron chi connectivity index (χ2n) is 26.4. The summed E-state index contributed by atoms with van der Waals surface area (Å²) < 4.78 is 11.3. The van der Waals surface area contributed by atoms with E-state index in [1.54, 1.807) is 6.08 Å². The van der Waals surface area contributed by atoms with Gasteiger partial charge in [0.05, 0.1) is 25.4 Å². The van der Waals surface area contributed by atoms with E-state index in [2.05, 4.69) is 141 Å². The topological polar surface area (TPSA) is 149 Å². The van der Waals surface area contributed by atoms with E-state index in [4.69, 9.17) is 9.47 Å². The highest BCUT2D eigenvalue weighted by Gasteiger charge is 2.44. The number of aliphatic hydroxyl groups is 5. The summed E-state index contributed by atoms with van der Waals surface area (Å²) in [4.78, 5) is 13.2. The Hall–Kier alpha value is -3.67. The van der Waals surface area contributed by atoms with Crippen molar-refractivity contribution in [2.24, 2.45) is 0 Å². The van der Waals surface area contributed by atoms with Crippen LogP contribution in [0.2, 0.25) is 0 Å². The Morgan fingerprint density at radius 2 is 0.677 bits per heavy atom. The molecule has 0 bridgehead atoms. The van der Waals surface area contributed by atoms with E-state index < -0.39 is 49.5 Å². The maximum atomic E-state index is 13.2. The van der Waals surface area contributed by atoms with Gasteiger partial charge in [0.25, 0.3) is 0 Å². The van der Waals surface area contributed by atoms with Gasteiger partial charge in [-0.05, 0) is 103 Å². The van der Waals surface area contributed by atoms with Crippen LogP contribution in [0.25, 0.3) is 0 Å². The molecule has 0 aromatic heterocycles. The van der Waals surface area contributed by atoms with Crippen molar-refractivity contribution in [1.29, 1.82) is 0 Å². The lowest BCUT2D eigenvalue weighted by molar-refractivity contribution is -0.302. The quantitative estimate of drug-likeness (QED) is 0.0261. The molecule has 0 radical (unpaired) electrons. The average molecular weight is 1300 g/mol. The highest BCUT2D eigenvalue weighted by atomic mass is 16.7. The van der Waals surface area contributed by atoms with E-state index in [1.807, 2.05) is 6.08 Å². The minimum Gasteiger partial charge on any atom is -0.394 e. The zero-order chi connectivity index (χ0) is 67.1. The number of nitrogens with one attached hydrogen (secondary N) is 1. The fourth-order valence-corrected chi connectivity index (χ4v) is 11.7. The van der Waals surface area contributed by atoms with Gasteiger partial charge in [-0.15, -0.1) is 0 Å². The first-order valence-corrected chi connectivity index (χ1v) is 38.9. The molecule has 9 heteroatoms. The van der Waals surface area contributed by atoms with E-state index in [-0.39, 0.29) is 12.5 Å². The Labute approximate surface area is 572 Å². The molecule has 1 aliphatic heterocycles. The monoisotopic (exact) mass is 1300 g/mol. The third kappa shape index (κ3) is 59.3. The molecule has 0 aromatic carbocycles. The molecule has 7 unspecified atom stereocenters. The van der Waals surface area contributed by atoms with Crippen LogP contribution in [-0.2, 0) is 14.3 Å². The predicted octanol–water partition coefficient (Wildman–Crippen LogP) is 22.3. The predicted molar refractivity (Wildman–Crippen MR) is 400 cm³/mol. The van der Waals surface area contributed by atoms with Crippen molar-refractivity contribution in [3.63, 3.8) is 0 Å². The van der Waals surface area contributed by atoms with Crippen molar-refractivity contribution in [1.82, 2.24) is 5.32 Å². The number of rotatable bonds is 67. The van der Waals surface area contributed by atoms with Crippen LogP contribution in [0.15, 0.2) is 134 Å². The number of unbranched alkanes of at least 4 members (excludes halogenated alkanes) is 37. The maximum absolute atomic E-state index is 13.2. The molecule has 6 N–H and O–H groups in total. The van der Waals surface area contributed by atoms with Crippen LogP contribution in [-0.4, -0.2) is 87.5 Å². The van der Waals surface area contributed by atoms with Gasteiger partial charge in [-0.3, -0.25) is 4.79 Å². The highest BCUT2D eigenvalue weighted by Crippen LogP contribution is 2.23. The Morgan fingerprint density at radius 3 is 1.03 bits per heavy atom. The minimum atomic E-state index is -1.58. The van der Waals surface area contributed by atoms with Gasteiger partial charge >= 0.3 is 0 Å². The molecule has 0 saturated carbocycles. The van der Waals surface area contributed by atoms with E-state index in [9.17, 15) is 30.3 Å². The molecule has 0 aromatic rings. The number of carbonyl (C=O) groups excluding carboxylic acids is 1. The lowest BCUT2D eigenvalue weighted by Crippen LogP contribution is -2.60. The minimum absolute atomic E-state index is 0.195. The Kier molecular flexibility index (Phi) is 66.8. The summed E-state index contributed by atoms with van der Waals surface area (Å²) in [5, 5.41) is 54.9. The van der Waals surface area contributed by atoms with Crippen molar-refractivity contribution in [3.05, 3.63) is 134 Å². The smallest absolute Gasteiger partial charge is 0.220 e. The van der Waals surface area contributed by atoms with Crippen molar-refractivity contribution in [3.8, 4) is 0 Å². The number of amides is 1. The lowest BCUT2D eigenvalue weighted by Gasteiger charge is -2.40. The summed E-state index contributed by atoms with van der Waals surface area (Å²) in [5.41, 5.74) is 0. The lowest BCUT2D eigenvalue weighted by atomic mass is 9.99. The van der Waals surface area contributed by atoms with Crippen LogP contribution in [0, 0.1) is 0 Å². The van der Waals surface area contributed by atoms with Crippen LogP contribution in [0.3, 0.4) is 0 Å². The van der Waals surface area contributed by atoms with Crippen molar-refractivity contribution in [2.45, 2.75) is 378 Å². The van der Waals surface area contributed by atoms with Gasteiger partial charge in [0, 0.05) is 6.42 Å². The highest BCUT2D eigenvalue weighted by molar-refractivity contribution is 5.76. The molecular formula is C84H145NO8. The fourth-order valence-electron chi connectivity index (χ4n) is 11.7. The normalized spacial score (nSPS) is 18.4. The Bertz CT molecular complexity index is 1940. The molecular weight excluding hydrogens is 1150 g/mol. The first-order valence-electron chi connectivity index (χ1n) is 38.9. The van der Waals surface area contributed by atoms with Crippen LogP contribution < -0.4 is 5.32 Å². The molecule has 0 aliphatic carbocycles. The van der Waals surface area contributed by atoms with Gasteiger partial charge in [0.2, 0.25) is 5.91 Å². The van der Waals surface area contributed by atoms with E-state index in [0.29, 0.717) is 6.42 Å². The van der Waals surface area contributed by atoms with Gasteiger partial charge in [-0.2, -0.15) is 0 Å². The van der Waals surface area contributed by atoms with Gasteiger partial charge in [0.15, 0.2) is 6.29 Å². The molecule has 0 spiro atoms. The zero-order valence-corrected chi connectivity index (χ0v) is 60.0. The third-order valence-corrected chi connectivity index (χ3v) is 17.7. The molecule has 1 rings (SSSR count). The molecule has 1 fully saturated rings. The number of aliphatic hydroxyl groups excluding tert-OH is 5. The van der Waals surface area contributed by atoms with E-state index in [0.717, 1.165) is 109 Å². The van der Waals surface area contributed by atoms with Crippen molar-refractivity contribution < 1.29 is 39.8 Å². The van der Waals surface area contributed by atoms with Gasteiger partial charge in [-0.1, -0.05) is 359 Å². The molecule has 1 amide bonds. The molecule has 7 atom stereocenters. The van der Waals surface area contributed by atoms with E-state index >= 15 is 0 Å². The van der Waals surface area contributed by atoms with Gasteiger partial charge in [0.1, 0.15) is 24.4 Å². The Balaban J connectivity index is 2.14. The molecule has 534 valence electrons. The second-order valence-corrected chi connectivity index (χ2v) is 26.4. The number of hydrogen-bond donors (Lipinski definition) is 6. The average Bonchev–Trinajstić information content (AvgIpc) is 1.01. The molecule has 93 heavy (non-hydrogen) atoms. The summed E-state index contributed by atoms with van der Waals surface area (Å²) in [6.45, 7) is 3.68. The van der Waals surface area contributed by atoms with Crippen LogP contribution >= 0.6 is 0 Å². The summed E-state index contributed by atoms with van der Waals surface area (Å²) >= 11 is 0. The summed E-state index contributed by atoms with van der Waals surface area (Å²) in [6, 6.07) is -0.837. The summed E-state index contributed by atoms with van der Waals surface area (Å²) in [7, 11) is 0. The number of hydrogen-bond acceptors (Lipinski definition) is 8. The van der Waals surface area contributed by atoms with Gasteiger partial charge < -0.3 is 40.3 Å². The van der Waals surface area contributed by atoms with Crippen LogP contribution in [0.5, 0.6) is 0 Å². The Morgan fingerprint density at radius 1 is 0.376 bits per heavy atom. The van der Waals surface area contributed by atoms with Crippen LogP contribution in [0.4, 0.5) is 0 Å². The van der Waals surface area contributed by atoms with Crippen molar-refractivity contribution in [2.75, 3.05) is 13.2 Å². The molecule has 9 nitrogen and oxygen atoms in total. The van der Waals surface area contributed by atoms with Crippen LogP contribution in [0.1, 0.15) is 335 Å². The van der Waals surface area contributed by atoms with E-state index in [1.165, 1.54) is 205 Å². The SMILES string of the molecule is CC/C=C\C/C=C\C/C=C\C/C=C\C/C=C\C/C=C\C/C=C\C/C=C\C/C=C\CCCCCCCCCCCC(=O)NC(COC1OC(CO)C(O)C(O)C1O)C(O)/C=C/CC/C=C/CCCCCCCCCCCCCCCCCCCCCCCCCCCCC. The fraction of sp³-hybridized carbons (Fsp3) is 0.726. The largest absolute Gasteiger partial charge is 0.394 e. The maximum Gasteiger partial charge on any atom is 0.220 e. The molecule has 1 aliphatic rings. The second kappa shape index (κ2) is 71.1. The summed E-state index contributed by atoms with van der Waals surface area (Å²) in [6.07, 6.45) is 102. The number of ether oxygens (including phenoxy) is 2. The third-order valence-electron chi connectivity index (χ3n) is 17.7. The summed E-state index contributed by atoms with van der Waals surface area (Å²) in [5.74, 6) is -0.195.